The maximum Gasteiger partial charge on any atom is 0.236 e. The van der Waals surface area contributed by atoms with Gasteiger partial charge in [0, 0.05) is 37.7 Å². The number of carbonyl (C=O) groups is 2. The zero-order valence-corrected chi connectivity index (χ0v) is 12.0. The topological polar surface area (TPSA) is 52.7 Å². The van der Waals surface area contributed by atoms with Gasteiger partial charge in [-0.15, -0.1) is 0 Å². The lowest BCUT2D eigenvalue weighted by molar-refractivity contribution is -0.134. The molecule has 1 heterocycles. The monoisotopic (exact) mass is 295 g/mol. The van der Waals surface area contributed by atoms with Crippen molar-refractivity contribution in [2.24, 2.45) is 0 Å². The van der Waals surface area contributed by atoms with Crippen LogP contribution in [-0.2, 0) is 16.1 Å². The van der Waals surface area contributed by atoms with Crippen LogP contribution in [0.25, 0.3) is 0 Å². The largest absolute Gasteiger partial charge is 0.342 e. The first-order valence-corrected chi connectivity index (χ1v) is 7.00. The van der Waals surface area contributed by atoms with Gasteiger partial charge in [-0.3, -0.25) is 9.59 Å². The summed E-state index contributed by atoms with van der Waals surface area (Å²) >= 11 is 6.05. The summed E-state index contributed by atoms with van der Waals surface area (Å²) < 4.78 is 0. The van der Waals surface area contributed by atoms with Crippen LogP contribution in [0.3, 0.4) is 0 Å². The van der Waals surface area contributed by atoms with E-state index in [-0.39, 0.29) is 12.5 Å². The highest BCUT2D eigenvalue weighted by Crippen LogP contribution is 2.14. The van der Waals surface area contributed by atoms with E-state index in [0.29, 0.717) is 37.7 Å². The molecular weight excluding hydrogens is 278 g/mol. The van der Waals surface area contributed by atoms with Crippen LogP contribution in [-0.4, -0.2) is 54.8 Å². The Morgan fingerprint density at radius 3 is 2.60 bits per heavy atom. The number of nitrogens with zero attached hydrogens (tertiary/aromatic N) is 2. The second-order valence-electron chi connectivity index (χ2n) is 4.72. The first kappa shape index (κ1) is 14.8. The Labute approximate surface area is 123 Å². The van der Waals surface area contributed by atoms with Gasteiger partial charge in [0.2, 0.25) is 12.3 Å². The molecule has 0 bridgehead atoms. The van der Waals surface area contributed by atoms with E-state index >= 15 is 0 Å². The van der Waals surface area contributed by atoms with Crippen LogP contribution in [0.1, 0.15) is 5.56 Å². The number of piperazine rings is 1. The molecule has 108 valence electrons. The first-order chi connectivity index (χ1) is 9.70. The molecule has 0 atom stereocenters. The first-order valence-electron chi connectivity index (χ1n) is 6.62. The molecule has 2 rings (SSSR count). The van der Waals surface area contributed by atoms with Gasteiger partial charge < -0.3 is 15.1 Å². The highest BCUT2D eigenvalue weighted by molar-refractivity contribution is 6.31. The molecule has 1 saturated heterocycles. The van der Waals surface area contributed by atoms with E-state index in [1.807, 2.05) is 24.3 Å². The lowest BCUT2D eigenvalue weighted by atomic mass is 10.2. The molecule has 6 heteroatoms. The van der Waals surface area contributed by atoms with E-state index in [9.17, 15) is 9.59 Å². The minimum atomic E-state index is 0.0580. The van der Waals surface area contributed by atoms with Gasteiger partial charge in [-0.1, -0.05) is 29.8 Å². The Morgan fingerprint density at radius 1 is 1.25 bits per heavy atom. The number of halogens is 1. The second kappa shape index (κ2) is 7.26. The SMILES string of the molecule is O=CN1CCN(C(=O)CNCc2ccccc2Cl)CC1. The lowest BCUT2D eigenvalue weighted by Gasteiger charge is -2.32. The number of hydrogen-bond donors (Lipinski definition) is 1. The van der Waals surface area contributed by atoms with E-state index in [2.05, 4.69) is 5.32 Å². The van der Waals surface area contributed by atoms with Crippen LogP contribution in [0, 0.1) is 0 Å². The minimum absolute atomic E-state index is 0.0580. The number of rotatable bonds is 5. The highest BCUT2D eigenvalue weighted by atomic mass is 35.5. The third kappa shape index (κ3) is 3.95. The molecule has 1 fully saturated rings. The van der Waals surface area contributed by atoms with Crippen LogP contribution < -0.4 is 5.32 Å². The zero-order valence-electron chi connectivity index (χ0n) is 11.2. The van der Waals surface area contributed by atoms with Crippen LogP contribution in [0.4, 0.5) is 0 Å². The normalized spacial score (nSPS) is 15.2. The van der Waals surface area contributed by atoms with E-state index < -0.39 is 0 Å². The van der Waals surface area contributed by atoms with E-state index in [1.54, 1.807) is 9.80 Å². The molecule has 1 N–H and O–H groups in total. The van der Waals surface area contributed by atoms with Crippen LogP contribution >= 0.6 is 11.6 Å². The summed E-state index contributed by atoms with van der Waals surface area (Å²) in [5.41, 5.74) is 0.979. The van der Waals surface area contributed by atoms with Gasteiger partial charge in [-0.25, -0.2) is 0 Å². The molecule has 0 spiro atoms. The summed E-state index contributed by atoms with van der Waals surface area (Å²) in [5, 5.41) is 3.81. The van der Waals surface area contributed by atoms with Crippen LogP contribution in [0.5, 0.6) is 0 Å². The third-order valence-electron chi connectivity index (χ3n) is 3.37. The zero-order chi connectivity index (χ0) is 14.4. The van der Waals surface area contributed by atoms with Gasteiger partial charge in [0.25, 0.3) is 0 Å². The Morgan fingerprint density at radius 2 is 1.95 bits per heavy atom. The van der Waals surface area contributed by atoms with Crippen molar-refractivity contribution in [2.45, 2.75) is 6.54 Å². The lowest BCUT2D eigenvalue weighted by Crippen LogP contribution is -2.50. The summed E-state index contributed by atoms with van der Waals surface area (Å²) in [6, 6.07) is 7.56. The molecule has 1 aromatic rings. The summed E-state index contributed by atoms with van der Waals surface area (Å²) in [6.45, 7) is 3.28. The number of benzene rings is 1. The molecule has 1 aromatic carbocycles. The van der Waals surface area contributed by atoms with Gasteiger partial charge in [0.05, 0.1) is 6.54 Å². The Bertz CT molecular complexity index is 473. The smallest absolute Gasteiger partial charge is 0.236 e. The van der Waals surface area contributed by atoms with Crippen molar-refractivity contribution >= 4 is 23.9 Å². The van der Waals surface area contributed by atoms with Crippen molar-refractivity contribution in [2.75, 3.05) is 32.7 Å². The average Bonchev–Trinajstić information content (AvgIpc) is 2.49. The van der Waals surface area contributed by atoms with Gasteiger partial charge in [-0.05, 0) is 11.6 Å². The van der Waals surface area contributed by atoms with Gasteiger partial charge in [0.15, 0.2) is 0 Å². The maximum absolute atomic E-state index is 12.0. The number of amides is 2. The van der Waals surface area contributed by atoms with Crippen molar-refractivity contribution in [3.63, 3.8) is 0 Å². The fraction of sp³-hybridized carbons (Fsp3) is 0.429. The molecule has 0 radical (unpaired) electrons. The number of carbonyl (C=O) groups excluding carboxylic acids is 2. The van der Waals surface area contributed by atoms with Crippen molar-refractivity contribution in [1.29, 1.82) is 0 Å². The summed E-state index contributed by atoms with van der Waals surface area (Å²) in [6.07, 6.45) is 0.831. The van der Waals surface area contributed by atoms with Gasteiger partial charge >= 0.3 is 0 Å². The summed E-state index contributed by atoms with van der Waals surface area (Å²) in [4.78, 5) is 26.0. The molecule has 0 aliphatic carbocycles. The van der Waals surface area contributed by atoms with Gasteiger partial charge in [-0.2, -0.15) is 0 Å². The summed E-state index contributed by atoms with van der Waals surface area (Å²) in [7, 11) is 0. The highest BCUT2D eigenvalue weighted by Gasteiger charge is 2.19. The fourth-order valence-electron chi connectivity index (χ4n) is 2.13. The summed E-state index contributed by atoms with van der Waals surface area (Å²) in [5.74, 6) is 0.0580. The van der Waals surface area contributed by atoms with E-state index in [0.717, 1.165) is 12.0 Å². The molecule has 0 unspecified atom stereocenters. The van der Waals surface area contributed by atoms with E-state index in [1.165, 1.54) is 0 Å². The standard InChI is InChI=1S/C14H18ClN3O2/c15-13-4-2-1-3-12(13)9-16-10-14(20)18-7-5-17(11-19)6-8-18/h1-4,11,16H,5-10H2. The molecule has 0 saturated carbocycles. The Kier molecular flexibility index (Phi) is 5.38. The van der Waals surface area contributed by atoms with Crippen LogP contribution in [0.15, 0.2) is 24.3 Å². The van der Waals surface area contributed by atoms with Crippen LogP contribution in [0.2, 0.25) is 5.02 Å². The molecule has 2 amide bonds. The maximum atomic E-state index is 12.0. The van der Waals surface area contributed by atoms with Crippen molar-refractivity contribution in [3.05, 3.63) is 34.9 Å². The predicted molar refractivity (Wildman–Crippen MR) is 77.4 cm³/mol. The Balaban J connectivity index is 1.73. The molecule has 1 aliphatic heterocycles. The van der Waals surface area contributed by atoms with Gasteiger partial charge in [0.1, 0.15) is 0 Å². The van der Waals surface area contributed by atoms with Crippen molar-refractivity contribution < 1.29 is 9.59 Å². The van der Waals surface area contributed by atoms with Crippen molar-refractivity contribution in [3.8, 4) is 0 Å². The third-order valence-corrected chi connectivity index (χ3v) is 3.73. The Hall–Kier alpha value is -1.59. The quantitative estimate of drug-likeness (QED) is 0.815. The molecular formula is C14H18ClN3O2. The predicted octanol–water partition coefficient (Wildman–Crippen LogP) is 0.730. The molecule has 20 heavy (non-hydrogen) atoms. The molecule has 5 nitrogen and oxygen atoms in total. The minimum Gasteiger partial charge on any atom is -0.342 e. The van der Waals surface area contributed by atoms with Crippen molar-refractivity contribution in [1.82, 2.24) is 15.1 Å². The molecule has 0 aromatic heterocycles. The second-order valence-corrected chi connectivity index (χ2v) is 5.12. The molecule has 1 aliphatic rings. The van der Waals surface area contributed by atoms with E-state index in [4.69, 9.17) is 11.6 Å². The number of nitrogens with one attached hydrogen (secondary N) is 1. The number of hydrogen-bond acceptors (Lipinski definition) is 3. The average molecular weight is 296 g/mol. The fourth-order valence-corrected chi connectivity index (χ4v) is 2.34.